The molecule has 0 aliphatic heterocycles. The number of aromatic nitrogens is 2. The van der Waals surface area contributed by atoms with Crippen LogP contribution in [0.1, 0.15) is 5.56 Å². The molecule has 0 spiro atoms. The van der Waals surface area contributed by atoms with E-state index in [4.69, 9.17) is 10.5 Å². The van der Waals surface area contributed by atoms with Crippen molar-refractivity contribution in [3.8, 4) is 17.3 Å². The van der Waals surface area contributed by atoms with Crippen LogP contribution in [0.25, 0.3) is 11.3 Å². The molecule has 1 heterocycles. The quantitative estimate of drug-likeness (QED) is 0.845. The van der Waals surface area contributed by atoms with E-state index in [1.807, 2.05) is 30.3 Å². The third-order valence-electron chi connectivity index (χ3n) is 2.30. The second kappa shape index (κ2) is 4.72. The van der Waals surface area contributed by atoms with Crippen molar-refractivity contribution in [2.24, 2.45) is 5.73 Å². The summed E-state index contributed by atoms with van der Waals surface area (Å²) in [5.74, 6) is 0. The van der Waals surface area contributed by atoms with E-state index in [9.17, 15) is 0 Å². The number of nitrogens with two attached hydrogens (primary N) is 1. The van der Waals surface area contributed by atoms with E-state index in [1.165, 1.54) is 0 Å². The van der Waals surface area contributed by atoms with Crippen molar-refractivity contribution in [2.75, 3.05) is 7.11 Å². The molecule has 0 saturated carbocycles. The van der Waals surface area contributed by atoms with Gasteiger partial charge in [-0.1, -0.05) is 24.3 Å². The van der Waals surface area contributed by atoms with Crippen LogP contribution in [0.2, 0.25) is 0 Å². The van der Waals surface area contributed by atoms with Crippen LogP contribution in [0.3, 0.4) is 0 Å². The van der Waals surface area contributed by atoms with E-state index < -0.39 is 0 Å². The Morgan fingerprint density at radius 2 is 1.94 bits per heavy atom. The maximum absolute atomic E-state index is 5.54. The molecule has 0 amide bonds. The summed E-state index contributed by atoms with van der Waals surface area (Å²) in [4.78, 5) is 8.22. The molecule has 4 heteroatoms. The number of methoxy groups -OCH3 is 1. The summed E-state index contributed by atoms with van der Waals surface area (Å²) in [5.41, 5.74) is 8.51. The second-order valence-corrected chi connectivity index (χ2v) is 3.33. The molecular formula is C12H13N3O. The van der Waals surface area contributed by atoms with Gasteiger partial charge in [0.05, 0.1) is 12.8 Å². The molecule has 0 bridgehead atoms. The third-order valence-corrected chi connectivity index (χ3v) is 2.30. The molecule has 0 radical (unpaired) electrons. The van der Waals surface area contributed by atoms with Crippen molar-refractivity contribution in [3.05, 3.63) is 42.1 Å². The zero-order valence-corrected chi connectivity index (χ0v) is 9.05. The minimum absolute atomic E-state index is 0.375. The molecule has 4 nitrogen and oxygen atoms in total. The summed E-state index contributed by atoms with van der Waals surface area (Å²) in [6, 6.07) is 10.2. The summed E-state index contributed by atoms with van der Waals surface area (Å²) < 4.78 is 4.98. The standard InChI is InChI=1S/C12H13N3O/c1-16-12-14-7-6-11(15-12)10-4-2-9(8-13)3-5-10/h2-7H,8,13H2,1H3. The first-order valence-corrected chi connectivity index (χ1v) is 5.00. The van der Waals surface area contributed by atoms with Gasteiger partial charge in [0.15, 0.2) is 0 Å². The summed E-state index contributed by atoms with van der Waals surface area (Å²) in [5, 5.41) is 0. The highest BCUT2D eigenvalue weighted by Crippen LogP contribution is 2.18. The Bertz CT molecular complexity index is 468. The van der Waals surface area contributed by atoms with Gasteiger partial charge in [0.2, 0.25) is 0 Å². The molecule has 2 aromatic rings. The lowest BCUT2D eigenvalue weighted by Crippen LogP contribution is -1.96. The Kier molecular flexibility index (Phi) is 3.12. The molecule has 82 valence electrons. The fraction of sp³-hybridized carbons (Fsp3) is 0.167. The smallest absolute Gasteiger partial charge is 0.316 e. The fourth-order valence-corrected chi connectivity index (χ4v) is 1.41. The molecule has 0 fully saturated rings. The van der Waals surface area contributed by atoms with Gasteiger partial charge in [0.1, 0.15) is 0 Å². The third kappa shape index (κ3) is 2.17. The van der Waals surface area contributed by atoms with E-state index in [2.05, 4.69) is 9.97 Å². The highest BCUT2D eigenvalue weighted by atomic mass is 16.5. The van der Waals surface area contributed by atoms with Crippen molar-refractivity contribution in [3.63, 3.8) is 0 Å². The van der Waals surface area contributed by atoms with Gasteiger partial charge < -0.3 is 10.5 Å². The lowest BCUT2D eigenvalue weighted by Gasteiger charge is -2.03. The zero-order chi connectivity index (χ0) is 11.4. The van der Waals surface area contributed by atoms with Crippen LogP contribution in [0, 0.1) is 0 Å². The maximum atomic E-state index is 5.54. The molecular weight excluding hydrogens is 202 g/mol. The van der Waals surface area contributed by atoms with Crippen LogP contribution in [0.4, 0.5) is 0 Å². The van der Waals surface area contributed by atoms with Crippen molar-refractivity contribution in [2.45, 2.75) is 6.54 Å². The van der Waals surface area contributed by atoms with E-state index in [1.54, 1.807) is 13.3 Å². The van der Waals surface area contributed by atoms with Crippen LogP contribution >= 0.6 is 0 Å². The molecule has 1 aromatic carbocycles. The SMILES string of the molecule is COc1nccc(-c2ccc(CN)cc2)n1. The Balaban J connectivity index is 2.34. The van der Waals surface area contributed by atoms with Gasteiger partial charge in [-0.3, -0.25) is 0 Å². The van der Waals surface area contributed by atoms with Crippen molar-refractivity contribution < 1.29 is 4.74 Å². The molecule has 0 atom stereocenters. The topological polar surface area (TPSA) is 61.0 Å². The van der Waals surface area contributed by atoms with E-state index in [0.717, 1.165) is 16.8 Å². The first kappa shape index (κ1) is 10.6. The first-order valence-electron chi connectivity index (χ1n) is 5.00. The van der Waals surface area contributed by atoms with Crippen LogP contribution in [-0.4, -0.2) is 17.1 Å². The van der Waals surface area contributed by atoms with Gasteiger partial charge in [0, 0.05) is 18.3 Å². The minimum Gasteiger partial charge on any atom is -0.467 e. The molecule has 1 aromatic heterocycles. The van der Waals surface area contributed by atoms with E-state index >= 15 is 0 Å². The largest absolute Gasteiger partial charge is 0.467 e. The Morgan fingerprint density at radius 3 is 2.56 bits per heavy atom. The number of ether oxygens (including phenoxy) is 1. The van der Waals surface area contributed by atoms with Gasteiger partial charge >= 0.3 is 6.01 Å². The van der Waals surface area contributed by atoms with E-state index in [-0.39, 0.29) is 0 Å². The normalized spacial score (nSPS) is 10.1. The molecule has 2 rings (SSSR count). The average molecular weight is 215 g/mol. The van der Waals surface area contributed by atoms with Gasteiger partial charge in [0.25, 0.3) is 0 Å². The number of benzene rings is 1. The molecule has 0 unspecified atom stereocenters. The molecule has 0 aliphatic carbocycles. The van der Waals surface area contributed by atoms with Gasteiger partial charge in [-0.15, -0.1) is 0 Å². The Hall–Kier alpha value is -1.94. The highest BCUT2D eigenvalue weighted by Gasteiger charge is 2.01. The molecule has 16 heavy (non-hydrogen) atoms. The highest BCUT2D eigenvalue weighted by molar-refractivity contribution is 5.59. The minimum atomic E-state index is 0.375. The number of nitrogens with zero attached hydrogens (tertiary/aromatic N) is 2. The Morgan fingerprint density at radius 1 is 1.19 bits per heavy atom. The van der Waals surface area contributed by atoms with Crippen molar-refractivity contribution in [1.82, 2.24) is 9.97 Å². The predicted octanol–water partition coefficient (Wildman–Crippen LogP) is 1.61. The Labute approximate surface area is 94.1 Å². The van der Waals surface area contributed by atoms with Crippen LogP contribution in [0.5, 0.6) is 6.01 Å². The van der Waals surface area contributed by atoms with Gasteiger partial charge in [-0.05, 0) is 11.6 Å². The lowest BCUT2D eigenvalue weighted by molar-refractivity contribution is 0.380. The van der Waals surface area contributed by atoms with E-state index in [0.29, 0.717) is 12.6 Å². The maximum Gasteiger partial charge on any atom is 0.316 e. The zero-order valence-electron chi connectivity index (χ0n) is 9.05. The molecule has 0 saturated heterocycles. The van der Waals surface area contributed by atoms with Crippen LogP contribution in [-0.2, 0) is 6.54 Å². The number of hydrogen-bond acceptors (Lipinski definition) is 4. The summed E-state index contributed by atoms with van der Waals surface area (Å²) in [7, 11) is 1.55. The summed E-state index contributed by atoms with van der Waals surface area (Å²) in [6.45, 7) is 0.549. The fourth-order valence-electron chi connectivity index (χ4n) is 1.41. The number of hydrogen-bond donors (Lipinski definition) is 1. The van der Waals surface area contributed by atoms with Crippen LogP contribution < -0.4 is 10.5 Å². The van der Waals surface area contributed by atoms with Gasteiger partial charge in [-0.25, -0.2) is 4.98 Å². The lowest BCUT2D eigenvalue weighted by atomic mass is 10.1. The molecule has 2 N–H and O–H groups in total. The van der Waals surface area contributed by atoms with Crippen molar-refractivity contribution in [1.29, 1.82) is 0 Å². The van der Waals surface area contributed by atoms with Gasteiger partial charge in [-0.2, -0.15) is 4.98 Å². The predicted molar refractivity (Wildman–Crippen MR) is 61.9 cm³/mol. The van der Waals surface area contributed by atoms with Crippen molar-refractivity contribution >= 4 is 0 Å². The number of rotatable bonds is 3. The monoisotopic (exact) mass is 215 g/mol. The summed E-state index contributed by atoms with van der Waals surface area (Å²) in [6.07, 6.45) is 1.68. The first-order chi connectivity index (χ1) is 7.83. The summed E-state index contributed by atoms with van der Waals surface area (Å²) >= 11 is 0. The van der Waals surface area contributed by atoms with Crippen LogP contribution in [0.15, 0.2) is 36.5 Å². The average Bonchev–Trinajstić information content (AvgIpc) is 2.39. The molecule has 0 aliphatic rings. The second-order valence-electron chi connectivity index (χ2n) is 3.33.